The molecule has 1 atom stereocenters. The molecule has 0 bridgehead atoms. The first-order chi connectivity index (χ1) is 10.1. The normalized spacial score (nSPS) is 15.1. The molecule has 3 rings (SSSR count). The van der Waals surface area contributed by atoms with Gasteiger partial charge in [-0.2, -0.15) is 0 Å². The van der Waals surface area contributed by atoms with Gasteiger partial charge in [-0.25, -0.2) is 4.39 Å². The standard InChI is InChI=1S/C17H18BrFN2/c1-11(20-2)15-6-5-14(10-16(15)18)21-8-7-12-3-4-13(19)9-17(12)21/h3-6,9-11,20H,7-8H2,1-2H3. The Labute approximate surface area is 133 Å². The van der Waals surface area contributed by atoms with Gasteiger partial charge in [-0.05, 0) is 55.8 Å². The van der Waals surface area contributed by atoms with Crippen LogP contribution in [0.15, 0.2) is 40.9 Å². The molecule has 0 spiro atoms. The molecule has 2 nitrogen and oxygen atoms in total. The van der Waals surface area contributed by atoms with Crippen LogP contribution in [0.1, 0.15) is 24.1 Å². The second-order valence-corrected chi connectivity index (χ2v) is 6.25. The molecule has 0 aliphatic carbocycles. The third kappa shape index (κ3) is 2.70. The monoisotopic (exact) mass is 348 g/mol. The van der Waals surface area contributed by atoms with Crippen molar-refractivity contribution in [3.8, 4) is 0 Å². The number of hydrogen-bond donors (Lipinski definition) is 1. The highest BCUT2D eigenvalue weighted by Crippen LogP contribution is 2.37. The molecule has 1 aliphatic rings. The van der Waals surface area contributed by atoms with Crippen LogP contribution in [-0.4, -0.2) is 13.6 Å². The van der Waals surface area contributed by atoms with Crippen LogP contribution >= 0.6 is 15.9 Å². The lowest BCUT2D eigenvalue weighted by molar-refractivity contribution is 0.628. The van der Waals surface area contributed by atoms with Crippen molar-refractivity contribution in [1.29, 1.82) is 0 Å². The molecule has 2 aromatic carbocycles. The van der Waals surface area contributed by atoms with Crippen LogP contribution in [0.3, 0.4) is 0 Å². The number of fused-ring (bicyclic) bond motifs is 1. The van der Waals surface area contributed by atoms with E-state index in [1.807, 2.05) is 13.1 Å². The first-order valence-corrected chi connectivity index (χ1v) is 7.92. The number of nitrogens with one attached hydrogen (secondary N) is 1. The van der Waals surface area contributed by atoms with E-state index in [2.05, 4.69) is 51.3 Å². The minimum Gasteiger partial charge on any atom is -0.341 e. The summed E-state index contributed by atoms with van der Waals surface area (Å²) in [6.07, 6.45) is 0.960. The van der Waals surface area contributed by atoms with Gasteiger partial charge in [-0.1, -0.05) is 28.1 Å². The number of hydrogen-bond acceptors (Lipinski definition) is 2. The molecule has 0 saturated heterocycles. The van der Waals surface area contributed by atoms with Crippen molar-refractivity contribution >= 4 is 27.3 Å². The number of nitrogens with zero attached hydrogens (tertiary/aromatic N) is 1. The number of anilines is 2. The Bertz CT molecular complexity index is 672. The number of rotatable bonds is 3. The molecule has 0 amide bonds. The Morgan fingerprint density at radius 2 is 2.05 bits per heavy atom. The third-order valence-corrected chi connectivity index (χ3v) is 4.82. The maximum Gasteiger partial charge on any atom is 0.125 e. The van der Waals surface area contributed by atoms with Crippen molar-refractivity contribution in [2.45, 2.75) is 19.4 Å². The summed E-state index contributed by atoms with van der Waals surface area (Å²) in [7, 11) is 1.95. The molecular weight excluding hydrogens is 331 g/mol. The van der Waals surface area contributed by atoms with E-state index in [0.29, 0.717) is 0 Å². The molecule has 2 aromatic rings. The maximum atomic E-state index is 13.5. The predicted molar refractivity (Wildman–Crippen MR) is 88.7 cm³/mol. The maximum absolute atomic E-state index is 13.5. The van der Waals surface area contributed by atoms with Crippen LogP contribution < -0.4 is 10.2 Å². The fourth-order valence-corrected chi connectivity index (χ4v) is 3.52. The molecule has 0 aromatic heterocycles. The number of halogens is 2. The highest BCUT2D eigenvalue weighted by molar-refractivity contribution is 9.10. The van der Waals surface area contributed by atoms with E-state index >= 15 is 0 Å². The van der Waals surface area contributed by atoms with Crippen molar-refractivity contribution in [3.63, 3.8) is 0 Å². The average molecular weight is 349 g/mol. The summed E-state index contributed by atoms with van der Waals surface area (Å²) in [6.45, 7) is 3.02. The summed E-state index contributed by atoms with van der Waals surface area (Å²) in [5.41, 5.74) is 4.51. The molecule has 1 heterocycles. The number of benzene rings is 2. The van der Waals surface area contributed by atoms with Crippen molar-refractivity contribution in [3.05, 3.63) is 57.8 Å². The van der Waals surface area contributed by atoms with Crippen molar-refractivity contribution < 1.29 is 4.39 Å². The van der Waals surface area contributed by atoms with Crippen LogP contribution in [0, 0.1) is 5.82 Å². The fraction of sp³-hybridized carbons (Fsp3) is 0.294. The summed E-state index contributed by atoms with van der Waals surface area (Å²) < 4.78 is 14.6. The Morgan fingerprint density at radius 3 is 2.76 bits per heavy atom. The van der Waals surface area contributed by atoms with Gasteiger partial charge in [0.15, 0.2) is 0 Å². The van der Waals surface area contributed by atoms with E-state index in [9.17, 15) is 4.39 Å². The second-order valence-electron chi connectivity index (χ2n) is 5.39. The Hall–Kier alpha value is -1.39. The molecule has 0 saturated carbocycles. The van der Waals surface area contributed by atoms with Gasteiger partial charge in [0.2, 0.25) is 0 Å². The molecule has 21 heavy (non-hydrogen) atoms. The van der Waals surface area contributed by atoms with Gasteiger partial charge in [-0.3, -0.25) is 0 Å². The molecule has 1 N–H and O–H groups in total. The first kappa shape index (κ1) is 14.5. The lowest BCUT2D eigenvalue weighted by Gasteiger charge is -2.22. The molecule has 1 aliphatic heterocycles. The van der Waals surface area contributed by atoms with Gasteiger partial charge in [-0.15, -0.1) is 0 Å². The van der Waals surface area contributed by atoms with Crippen LogP contribution in [0.4, 0.5) is 15.8 Å². The summed E-state index contributed by atoms with van der Waals surface area (Å²) >= 11 is 3.65. The van der Waals surface area contributed by atoms with Gasteiger partial charge in [0.05, 0.1) is 0 Å². The van der Waals surface area contributed by atoms with Crippen LogP contribution in [-0.2, 0) is 6.42 Å². The second kappa shape index (κ2) is 5.78. The summed E-state index contributed by atoms with van der Waals surface area (Å²) in [4.78, 5) is 2.18. The van der Waals surface area contributed by atoms with Crippen LogP contribution in [0.2, 0.25) is 0 Å². The van der Waals surface area contributed by atoms with E-state index in [1.165, 1.54) is 17.2 Å². The third-order valence-electron chi connectivity index (χ3n) is 4.14. The molecule has 1 unspecified atom stereocenters. The lowest BCUT2D eigenvalue weighted by atomic mass is 10.1. The van der Waals surface area contributed by atoms with E-state index in [-0.39, 0.29) is 11.9 Å². The van der Waals surface area contributed by atoms with E-state index < -0.39 is 0 Å². The van der Waals surface area contributed by atoms with E-state index in [0.717, 1.165) is 28.8 Å². The quantitative estimate of drug-likeness (QED) is 0.874. The zero-order valence-corrected chi connectivity index (χ0v) is 13.7. The molecule has 110 valence electrons. The minimum atomic E-state index is -0.180. The highest BCUT2D eigenvalue weighted by atomic mass is 79.9. The average Bonchev–Trinajstić information content (AvgIpc) is 2.89. The topological polar surface area (TPSA) is 15.3 Å². The summed E-state index contributed by atoms with van der Waals surface area (Å²) in [5, 5.41) is 3.24. The molecule has 0 fully saturated rings. The van der Waals surface area contributed by atoms with E-state index in [4.69, 9.17) is 0 Å². The van der Waals surface area contributed by atoms with Gasteiger partial charge >= 0.3 is 0 Å². The Morgan fingerprint density at radius 1 is 1.24 bits per heavy atom. The predicted octanol–water partition coefficient (Wildman–Crippen LogP) is 4.56. The van der Waals surface area contributed by atoms with Crippen LogP contribution in [0.5, 0.6) is 0 Å². The zero-order chi connectivity index (χ0) is 15.0. The van der Waals surface area contributed by atoms with Gasteiger partial charge < -0.3 is 10.2 Å². The van der Waals surface area contributed by atoms with Crippen molar-refractivity contribution in [1.82, 2.24) is 5.32 Å². The van der Waals surface area contributed by atoms with Gasteiger partial charge in [0, 0.05) is 28.4 Å². The van der Waals surface area contributed by atoms with Crippen LogP contribution in [0.25, 0.3) is 0 Å². The molecular formula is C17H18BrFN2. The molecule has 4 heteroatoms. The SMILES string of the molecule is CNC(C)c1ccc(N2CCc3ccc(F)cc32)cc1Br. The first-order valence-electron chi connectivity index (χ1n) is 7.13. The van der Waals surface area contributed by atoms with Crippen molar-refractivity contribution in [2.24, 2.45) is 0 Å². The molecule has 0 radical (unpaired) electrons. The summed E-state index contributed by atoms with van der Waals surface area (Å²) in [6, 6.07) is 11.7. The van der Waals surface area contributed by atoms with Crippen molar-refractivity contribution in [2.75, 3.05) is 18.5 Å². The highest BCUT2D eigenvalue weighted by Gasteiger charge is 2.21. The van der Waals surface area contributed by atoms with E-state index in [1.54, 1.807) is 6.07 Å². The smallest absolute Gasteiger partial charge is 0.125 e. The zero-order valence-electron chi connectivity index (χ0n) is 12.2. The van der Waals surface area contributed by atoms with Gasteiger partial charge in [0.25, 0.3) is 0 Å². The lowest BCUT2D eigenvalue weighted by Crippen LogP contribution is -2.15. The largest absolute Gasteiger partial charge is 0.341 e. The Kier molecular flexibility index (Phi) is 4.00. The minimum absolute atomic E-state index is 0.180. The summed E-state index contributed by atoms with van der Waals surface area (Å²) in [5.74, 6) is -0.180. The van der Waals surface area contributed by atoms with Gasteiger partial charge in [0.1, 0.15) is 5.82 Å². The fourth-order valence-electron chi connectivity index (χ4n) is 2.81. The Balaban J connectivity index is 1.97.